The number of hydrogen-bond donors (Lipinski definition) is 1. The molecule has 0 aliphatic rings. The highest BCUT2D eigenvalue weighted by Gasteiger charge is 2.59. The maximum Gasteiger partial charge on any atom is 0.402 e. The summed E-state index contributed by atoms with van der Waals surface area (Å²) < 4.78 is 50.9. The predicted molar refractivity (Wildman–Crippen MR) is 84.7 cm³/mol. The molecular weight excluding hydrogens is 325 g/mol. The van der Waals surface area contributed by atoms with Gasteiger partial charge < -0.3 is 14.2 Å². The van der Waals surface area contributed by atoms with Crippen LogP contribution in [0.25, 0.3) is 10.8 Å². The highest BCUT2D eigenvalue weighted by atomic mass is 31.2. The van der Waals surface area contributed by atoms with E-state index in [1.54, 1.807) is 18.2 Å². The molecule has 0 saturated carbocycles. The van der Waals surface area contributed by atoms with Gasteiger partial charge in [0.05, 0.1) is 13.2 Å². The van der Waals surface area contributed by atoms with Gasteiger partial charge in [0.1, 0.15) is 0 Å². The van der Waals surface area contributed by atoms with E-state index >= 15 is 0 Å². The van der Waals surface area contributed by atoms with Crippen molar-refractivity contribution >= 4 is 18.4 Å². The van der Waals surface area contributed by atoms with Crippen molar-refractivity contribution in [2.45, 2.75) is 25.6 Å². The Bertz CT molecular complexity index is 710. The maximum atomic E-state index is 14.6. The number of hydrogen-bond acceptors (Lipinski definition) is 4. The Hall–Kier alpha value is -1.33. The molecular formula is C16H19F2O4P. The lowest BCUT2D eigenvalue weighted by molar-refractivity contribution is -0.0676. The van der Waals surface area contributed by atoms with Gasteiger partial charge in [-0.05, 0) is 36.2 Å². The molecule has 0 heterocycles. The third-order valence-corrected chi connectivity index (χ3v) is 5.55. The van der Waals surface area contributed by atoms with Crippen molar-refractivity contribution in [1.82, 2.24) is 0 Å². The van der Waals surface area contributed by atoms with Crippen LogP contribution in [0.4, 0.5) is 8.78 Å². The third-order valence-electron chi connectivity index (χ3n) is 3.38. The zero-order chi connectivity index (χ0) is 17.1. The molecule has 2 rings (SSSR count). The monoisotopic (exact) mass is 344 g/mol. The van der Waals surface area contributed by atoms with E-state index in [0.717, 1.165) is 5.39 Å². The minimum absolute atomic E-state index is 0.0478. The van der Waals surface area contributed by atoms with Crippen molar-refractivity contribution < 1.29 is 27.5 Å². The van der Waals surface area contributed by atoms with Gasteiger partial charge in [0, 0.05) is 0 Å². The van der Waals surface area contributed by atoms with Gasteiger partial charge in [-0.25, -0.2) is 0 Å². The normalized spacial score (nSPS) is 14.1. The van der Waals surface area contributed by atoms with Crippen LogP contribution in [-0.4, -0.2) is 24.0 Å². The van der Waals surface area contributed by atoms with E-state index < -0.39 is 19.4 Å². The predicted octanol–water partition coefficient (Wildman–Crippen LogP) is 4.73. The Balaban J connectivity index is 2.41. The van der Waals surface area contributed by atoms with Crippen molar-refractivity contribution in [2.75, 3.05) is 13.2 Å². The molecule has 4 nitrogen and oxygen atoms in total. The molecule has 0 aliphatic carbocycles. The summed E-state index contributed by atoms with van der Waals surface area (Å²) >= 11 is 0. The zero-order valence-corrected chi connectivity index (χ0v) is 13.8. The Labute approximate surface area is 133 Å². The lowest BCUT2D eigenvalue weighted by Crippen LogP contribution is -2.28. The van der Waals surface area contributed by atoms with E-state index in [0.29, 0.717) is 5.39 Å². The quantitative estimate of drug-likeness (QED) is 0.738. The van der Waals surface area contributed by atoms with Gasteiger partial charge in [0.25, 0.3) is 0 Å². The maximum absolute atomic E-state index is 14.6. The molecule has 0 amide bonds. The van der Waals surface area contributed by atoms with Gasteiger partial charge in [0.15, 0.2) is 6.10 Å². The molecule has 0 radical (unpaired) electrons. The van der Waals surface area contributed by atoms with E-state index in [2.05, 4.69) is 9.05 Å². The smallest absolute Gasteiger partial charge is 0.381 e. The number of aliphatic hydroxyl groups is 1. The van der Waals surface area contributed by atoms with Gasteiger partial charge >= 0.3 is 13.3 Å². The zero-order valence-electron chi connectivity index (χ0n) is 12.9. The molecule has 23 heavy (non-hydrogen) atoms. The number of fused-ring (bicyclic) bond motifs is 1. The Morgan fingerprint density at radius 1 is 1.09 bits per heavy atom. The van der Waals surface area contributed by atoms with Crippen LogP contribution in [0.15, 0.2) is 42.5 Å². The van der Waals surface area contributed by atoms with Gasteiger partial charge in [-0.3, -0.25) is 4.57 Å². The fourth-order valence-electron chi connectivity index (χ4n) is 2.28. The Morgan fingerprint density at radius 3 is 2.22 bits per heavy atom. The molecule has 0 fully saturated rings. The molecule has 0 bridgehead atoms. The molecule has 1 atom stereocenters. The lowest BCUT2D eigenvalue weighted by Gasteiger charge is -2.29. The average molecular weight is 344 g/mol. The largest absolute Gasteiger partial charge is 0.402 e. The van der Waals surface area contributed by atoms with Crippen LogP contribution in [0.5, 0.6) is 0 Å². The second-order valence-electron chi connectivity index (χ2n) is 4.93. The topological polar surface area (TPSA) is 55.8 Å². The summed E-state index contributed by atoms with van der Waals surface area (Å²) in [5.74, 6) is 0. The first-order chi connectivity index (χ1) is 10.9. The molecule has 126 valence electrons. The molecule has 2 aromatic carbocycles. The summed E-state index contributed by atoms with van der Waals surface area (Å²) in [5, 5.41) is 11.7. The van der Waals surface area contributed by atoms with Crippen LogP contribution in [0.1, 0.15) is 25.5 Å². The summed E-state index contributed by atoms with van der Waals surface area (Å²) in [7, 11) is -4.79. The number of alkyl halides is 2. The SMILES string of the molecule is CCOP(=O)(OCC)C(F)(F)C(O)c1ccc2ccccc2c1. The molecule has 1 unspecified atom stereocenters. The lowest BCUT2D eigenvalue weighted by atomic mass is 10.0. The van der Waals surface area contributed by atoms with E-state index in [1.165, 1.54) is 26.0 Å². The van der Waals surface area contributed by atoms with Crippen molar-refractivity contribution in [1.29, 1.82) is 0 Å². The van der Waals surface area contributed by atoms with Crippen molar-refractivity contribution in [2.24, 2.45) is 0 Å². The molecule has 0 aliphatic heterocycles. The number of aliphatic hydroxyl groups excluding tert-OH is 1. The molecule has 7 heteroatoms. The molecule has 1 N–H and O–H groups in total. The summed E-state index contributed by atoms with van der Waals surface area (Å²) in [6.07, 6.45) is -2.30. The minimum Gasteiger partial charge on any atom is -0.381 e. The summed E-state index contributed by atoms with van der Waals surface area (Å²) in [4.78, 5) is 0. The summed E-state index contributed by atoms with van der Waals surface area (Å²) in [5.41, 5.74) is -4.10. The minimum atomic E-state index is -4.79. The first-order valence-electron chi connectivity index (χ1n) is 7.29. The van der Waals surface area contributed by atoms with E-state index in [9.17, 15) is 18.5 Å². The number of halogens is 2. The van der Waals surface area contributed by atoms with Crippen LogP contribution >= 0.6 is 7.60 Å². The molecule has 0 saturated heterocycles. The second-order valence-corrected chi connectivity index (χ2v) is 7.04. The standard InChI is InChI=1S/C16H19F2O4P/c1-3-21-23(20,22-4-2)16(17,18)15(19)14-10-9-12-7-5-6-8-13(12)11-14/h5-11,15,19H,3-4H2,1-2H3. The van der Waals surface area contributed by atoms with Gasteiger partial charge in [-0.15, -0.1) is 0 Å². The van der Waals surface area contributed by atoms with Crippen LogP contribution < -0.4 is 0 Å². The van der Waals surface area contributed by atoms with E-state index in [4.69, 9.17) is 0 Å². The first kappa shape index (κ1) is 18.0. The first-order valence-corrected chi connectivity index (χ1v) is 8.83. The van der Waals surface area contributed by atoms with Crippen LogP contribution in [-0.2, 0) is 13.6 Å². The number of benzene rings is 2. The fourth-order valence-corrected chi connectivity index (χ4v) is 3.82. The summed E-state index contributed by atoms with van der Waals surface area (Å²) in [6, 6.07) is 11.6. The van der Waals surface area contributed by atoms with Crippen molar-refractivity contribution in [3.05, 3.63) is 48.0 Å². The van der Waals surface area contributed by atoms with Gasteiger partial charge in [0.2, 0.25) is 0 Å². The summed E-state index contributed by atoms with van der Waals surface area (Å²) in [6.45, 7) is 2.45. The highest BCUT2D eigenvalue weighted by Crippen LogP contribution is 2.66. The van der Waals surface area contributed by atoms with Crippen molar-refractivity contribution in [3.8, 4) is 0 Å². The molecule has 0 spiro atoms. The Morgan fingerprint density at radius 2 is 1.65 bits per heavy atom. The van der Waals surface area contributed by atoms with Crippen LogP contribution in [0.3, 0.4) is 0 Å². The van der Waals surface area contributed by atoms with E-state index in [1.807, 2.05) is 12.1 Å². The Kier molecular flexibility index (Phi) is 5.53. The molecule has 2 aromatic rings. The molecule has 0 aromatic heterocycles. The second kappa shape index (κ2) is 7.05. The number of rotatable bonds is 7. The van der Waals surface area contributed by atoms with E-state index in [-0.39, 0.29) is 18.8 Å². The third kappa shape index (κ3) is 3.45. The van der Waals surface area contributed by atoms with Crippen molar-refractivity contribution in [3.63, 3.8) is 0 Å². The van der Waals surface area contributed by atoms with Gasteiger partial charge in [-0.1, -0.05) is 36.4 Å². The highest BCUT2D eigenvalue weighted by molar-refractivity contribution is 7.55. The van der Waals surface area contributed by atoms with Gasteiger partial charge in [-0.2, -0.15) is 8.78 Å². The fraction of sp³-hybridized carbons (Fsp3) is 0.375. The average Bonchev–Trinajstić information content (AvgIpc) is 2.54. The van der Waals surface area contributed by atoms with Crippen LogP contribution in [0, 0.1) is 0 Å². The van der Waals surface area contributed by atoms with Crippen LogP contribution in [0.2, 0.25) is 0 Å².